The van der Waals surface area contributed by atoms with Crippen molar-refractivity contribution in [1.29, 1.82) is 0 Å². The summed E-state index contributed by atoms with van der Waals surface area (Å²) in [5.74, 6) is 0.858. The first-order valence-electron chi connectivity index (χ1n) is 11.4. The molecule has 164 valence electrons. The molecule has 1 aromatic heterocycles. The number of hydrogen-bond acceptors (Lipinski definition) is 7. The highest BCUT2D eigenvalue weighted by Crippen LogP contribution is 2.29. The Bertz CT molecular complexity index is 920. The Labute approximate surface area is 184 Å². The third-order valence-corrected chi connectivity index (χ3v) is 7.05. The van der Waals surface area contributed by atoms with E-state index in [-0.39, 0.29) is 5.97 Å². The number of carbonyl (C=O) groups is 1. The van der Waals surface area contributed by atoms with Crippen molar-refractivity contribution in [3.63, 3.8) is 0 Å². The van der Waals surface area contributed by atoms with Gasteiger partial charge in [0.15, 0.2) is 0 Å². The van der Waals surface area contributed by atoms with Gasteiger partial charge in [-0.1, -0.05) is 18.6 Å². The Kier molecular flexibility index (Phi) is 5.87. The van der Waals surface area contributed by atoms with E-state index in [1.54, 1.807) is 6.33 Å². The first-order valence-corrected chi connectivity index (χ1v) is 11.4. The molecule has 0 atom stereocenters. The van der Waals surface area contributed by atoms with Crippen molar-refractivity contribution < 1.29 is 9.53 Å². The minimum absolute atomic E-state index is 0.295. The molecule has 0 amide bonds. The summed E-state index contributed by atoms with van der Waals surface area (Å²) < 4.78 is 4.78. The molecule has 3 heterocycles. The van der Waals surface area contributed by atoms with E-state index in [2.05, 4.69) is 19.7 Å². The molecule has 1 saturated heterocycles. The molecule has 0 spiro atoms. The van der Waals surface area contributed by atoms with E-state index in [0.717, 1.165) is 69.8 Å². The summed E-state index contributed by atoms with van der Waals surface area (Å²) in [5.41, 5.74) is 4.27. The highest BCUT2D eigenvalue weighted by Gasteiger charge is 2.30. The molecule has 2 aliphatic heterocycles. The number of hydrogen-bond donors (Lipinski definition) is 0. The highest BCUT2D eigenvalue weighted by atomic mass is 16.5. The minimum atomic E-state index is -0.295. The number of ether oxygens (including phenoxy) is 1. The molecular weight excluding hydrogens is 390 g/mol. The average molecular weight is 422 g/mol. The van der Waals surface area contributed by atoms with Crippen molar-refractivity contribution >= 4 is 11.8 Å². The number of nitrogens with zero attached hydrogens (tertiary/aromatic N) is 5. The second-order valence-electron chi connectivity index (χ2n) is 8.88. The van der Waals surface area contributed by atoms with Gasteiger partial charge in [-0.25, -0.2) is 14.8 Å². The van der Waals surface area contributed by atoms with Gasteiger partial charge < -0.3 is 9.64 Å². The smallest absolute Gasteiger partial charge is 0.337 e. The molecule has 1 saturated carbocycles. The van der Waals surface area contributed by atoms with Gasteiger partial charge in [0.05, 0.1) is 18.4 Å². The topological polar surface area (TPSA) is 61.8 Å². The second-order valence-corrected chi connectivity index (χ2v) is 8.88. The van der Waals surface area contributed by atoms with Gasteiger partial charge in [0.25, 0.3) is 0 Å². The van der Waals surface area contributed by atoms with Crippen molar-refractivity contribution in [1.82, 2.24) is 19.8 Å². The van der Waals surface area contributed by atoms with Gasteiger partial charge in [-0.15, -0.1) is 0 Å². The maximum absolute atomic E-state index is 11.6. The van der Waals surface area contributed by atoms with Crippen LogP contribution in [0.4, 0.5) is 5.82 Å². The Morgan fingerprint density at radius 2 is 1.84 bits per heavy atom. The summed E-state index contributed by atoms with van der Waals surface area (Å²) in [4.78, 5) is 28.5. The number of fused-ring (bicyclic) bond motifs is 1. The maximum atomic E-state index is 11.6. The van der Waals surface area contributed by atoms with Crippen molar-refractivity contribution in [3.05, 3.63) is 53.0 Å². The zero-order valence-electron chi connectivity index (χ0n) is 18.3. The monoisotopic (exact) mass is 421 g/mol. The molecule has 0 unspecified atom stereocenters. The van der Waals surface area contributed by atoms with E-state index in [9.17, 15) is 4.79 Å². The van der Waals surface area contributed by atoms with Crippen LogP contribution >= 0.6 is 0 Å². The minimum Gasteiger partial charge on any atom is -0.465 e. The predicted molar refractivity (Wildman–Crippen MR) is 119 cm³/mol. The lowest BCUT2D eigenvalue weighted by Gasteiger charge is -2.43. The van der Waals surface area contributed by atoms with Gasteiger partial charge in [-0.05, 0) is 37.0 Å². The SMILES string of the molecule is COC(=O)c1ccc(CN2CCc3c(ncnc3N3CCN(C4CCC4)CC3)C2)cc1. The van der Waals surface area contributed by atoms with Crippen LogP contribution in [0.1, 0.15) is 46.4 Å². The van der Waals surface area contributed by atoms with Crippen LogP contribution in [0.5, 0.6) is 0 Å². The second kappa shape index (κ2) is 8.93. The largest absolute Gasteiger partial charge is 0.465 e. The summed E-state index contributed by atoms with van der Waals surface area (Å²) in [6.07, 6.45) is 6.88. The third-order valence-electron chi connectivity index (χ3n) is 7.05. The van der Waals surface area contributed by atoms with Gasteiger partial charge in [-0.2, -0.15) is 0 Å². The van der Waals surface area contributed by atoms with Crippen molar-refractivity contribution in [2.75, 3.05) is 44.7 Å². The predicted octanol–water partition coefficient (Wildman–Crippen LogP) is 2.50. The molecule has 0 N–H and O–H groups in total. The van der Waals surface area contributed by atoms with Gasteiger partial charge in [0, 0.05) is 57.4 Å². The lowest BCUT2D eigenvalue weighted by atomic mass is 9.91. The zero-order chi connectivity index (χ0) is 21.2. The third kappa shape index (κ3) is 4.29. The molecule has 0 radical (unpaired) electrons. The fourth-order valence-electron chi connectivity index (χ4n) is 4.97. The molecule has 3 aliphatic rings. The van der Waals surface area contributed by atoms with Crippen LogP contribution in [0.3, 0.4) is 0 Å². The Balaban J connectivity index is 1.22. The number of rotatable bonds is 5. The Morgan fingerprint density at radius 1 is 1.06 bits per heavy atom. The maximum Gasteiger partial charge on any atom is 0.337 e. The lowest BCUT2D eigenvalue weighted by Crippen LogP contribution is -2.52. The average Bonchev–Trinajstić information content (AvgIpc) is 2.78. The fourth-order valence-corrected chi connectivity index (χ4v) is 4.97. The van der Waals surface area contributed by atoms with E-state index in [1.807, 2.05) is 24.3 Å². The van der Waals surface area contributed by atoms with E-state index in [4.69, 9.17) is 9.72 Å². The molecule has 0 bridgehead atoms. The van der Waals surface area contributed by atoms with Crippen molar-refractivity contribution in [2.45, 2.75) is 44.8 Å². The van der Waals surface area contributed by atoms with Crippen LogP contribution in [0.15, 0.2) is 30.6 Å². The molecule has 7 nitrogen and oxygen atoms in total. The van der Waals surface area contributed by atoms with Crippen LogP contribution in [0.2, 0.25) is 0 Å². The number of carbonyl (C=O) groups excluding carboxylic acids is 1. The summed E-state index contributed by atoms with van der Waals surface area (Å²) >= 11 is 0. The standard InChI is InChI=1S/C24H31N5O2/c1-31-24(30)19-7-5-18(6-8-19)15-27-10-9-21-22(16-27)25-17-26-23(21)29-13-11-28(12-14-29)20-3-2-4-20/h5-8,17,20H,2-4,9-16H2,1H3. The molecule has 31 heavy (non-hydrogen) atoms. The van der Waals surface area contributed by atoms with Gasteiger partial charge in [-0.3, -0.25) is 9.80 Å². The number of aromatic nitrogens is 2. The normalized spacial score (nSPS) is 20.2. The van der Waals surface area contributed by atoms with Gasteiger partial charge in [0.2, 0.25) is 0 Å². The van der Waals surface area contributed by atoms with E-state index >= 15 is 0 Å². The molecular formula is C24H31N5O2. The van der Waals surface area contributed by atoms with Crippen molar-refractivity contribution in [3.8, 4) is 0 Å². The van der Waals surface area contributed by atoms with E-state index in [1.165, 1.54) is 37.5 Å². The molecule has 1 aliphatic carbocycles. The number of methoxy groups -OCH3 is 1. The summed E-state index contributed by atoms with van der Waals surface area (Å²) in [5, 5.41) is 0. The zero-order valence-corrected chi connectivity index (χ0v) is 18.3. The van der Waals surface area contributed by atoms with Gasteiger partial charge >= 0.3 is 5.97 Å². The summed E-state index contributed by atoms with van der Waals surface area (Å²) in [7, 11) is 1.41. The van der Waals surface area contributed by atoms with Crippen LogP contribution < -0.4 is 4.90 Å². The van der Waals surface area contributed by atoms with Crippen LogP contribution in [0, 0.1) is 0 Å². The fraction of sp³-hybridized carbons (Fsp3) is 0.542. The quantitative estimate of drug-likeness (QED) is 0.688. The Hall–Kier alpha value is -2.51. The number of anilines is 1. The Morgan fingerprint density at radius 3 is 2.52 bits per heavy atom. The molecule has 5 rings (SSSR count). The summed E-state index contributed by atoms with van der Waals surface area (Å²) in [6.45, 7) is 7.11. The lowest BCUT2D eigenvalue weighted by molar-refractivity contribution is 0.0600. The highest BCUT2D eigenvalue weighted by molar-refractivity contribution is 5.89. The van der Waals surface area contributed by atoms with Crippen LogP contribution in [-0.2, 0) is 24.2 Å². The molecule has 1 aromatic carbocycles. The van der Waals surface area contributed by atoms with Crippen LogP contribution in [0.25, 0.3) is 0 Å². The first-order chi connectivity index (χ1) is 15.2. The van der Waals surface area contributed by atoms with E-state index < -0.39 is 0 Å². The molecule has 7 heteroatoms. The van der Waals surface area contributed by atoms with Gasteiger partial charge in [0.1, 0.15) is 12.1 Å². The molecule has 2 aromatic rings. The number of benzene rings is 1. The number of piperazine rings is 1. The van der Waals surface area contributed by atoms with E-state index in [0.29, 0.717) is 5.56 Å². The number of esters is 1. The first kappa shape index (κ1) is 20.4. The van der Waals surface area contributed by atoms with Crippen LogP contribution in [-0.4, -0.2) is 71.6 Å². The molecule has 2 fully saturated rings. The van der Waals surface area contributed by atoms with Crippen molar-refractivity contribution in [2.24, 2.45) is 0 Å². The summed E-state index contributed by atoms with van der Waals surface area (Å²) in [6, 6.07) is 8.52.